The number of carbonyl (C=O) groups is 2. The van der Waals surface area contributed by atoms with Gasteiger partial charge in [0.15, 0.2) is 11.6 Å². The molecule has 108 valence electrons. The van der Waals surface area contributed by atoms with E-state index in [1.165, 1.54) is 19.1 Å². The zero-order valence-corrected chi connectivity index (χ0v) is 11.1. The number of Topliss-reactive ketones (excluding diaryl/α,β-unsaturated/α-hetero) is 1. The normalized spacial score (nSPS) is 10.2. The molecular formula is C15H12F2N2O2. The lowest BCUT2D eigenvalue weighted by Crippen LogP contribution is -2.17. The number of hydrogen-bond donors (Lipinski definition) is 2. The van der Waals surface area contributed by atoms with Crippen LogP contribution in [0.4, 0.5) is 20.2 Å². The zero-order valence-electron chi connectivity index (χ0n) is 11.1. The van der Waals surface area contributed by atoms with Crippen molar-refractivity contribution in [1.82, 2.24) is 0 Å². The van der Waals surface area contributed by atoms with Crippen LogP contribution in [-0.4, -0.2) is 11.7 Å². The van der Waals surface area contributed by atoms with Gasteiger partial charge in [0.05, 0.1) is 5.69 Å². The van der Waals surface area contributed by atoms with E-state index in [-0.39, 0.29) is 17.2 Å². The number of hydrogen-bond acceptors (Lipinski definition) is 3. The Bertz CT molecular complexity index is 730. The molecule has 2 aromatic rings. The van der Waals surface area contributed by atoms with Crippen LogP contribution in [0.1, 0.15) is 27.6 Å². The third kappa shape index (κ3) is 3.05. The highest BCUT2D eigenvalue weighted by atomic mass is 19.1. The average molecular weight is 290 g/mol. The largest absolute Gasteiger partial charge is 0.396 e. The third-order valence-electron chi connectivity index (χ3n) is 2.88. The summed E-state index contributed by atoms with van der Waals surface area (Å²) in [6.07, 6.45) is 0. The van der Waals surface area contributed by atoms with Crippen molar-refractivity contribution in [3.8, 4) is 0 Å². The fourth-order valence-electron chi connectivity index (χ4n) is 1.79. The summed E-state index contributed by atoms with van der Waals surface area (Å²) in [7, 11) is 0. The van der Waals surface area contributed by atoms with Crippen LogP contribution >= 0.6 is 0 Å². The highest BCUT2D eigenvalue weighted by Gasteiger charge is 2.19. The van der Waals surface area contributed by atoms with Crippen molar-refractivity contribution >= 4 is 23.1 Å². The summed E-state index contributed by atoms with van der Waals surface area (Å²) in [4.78, 5) is 23.2. The molecule has 0 aromatic heterocycles. The van der Waals surface area contributed by atoms with E-state index in [2.05, 4.69) is 5.32 Å². The van der Waals surface area contributed by atoms with Gasteiger partial charge in [-0.3, -0.25) is 9.59 Å². The SMILES string of the molecule is CC(=O)c1cccc(NC(=O)c2c(F)ccc(N)c2F)c1. The molecule has 0 saturated carbocycles. The van der Waals surface area contributed by atoms with Crippen LogP contribution in [0.3, 0.4) is 0 Å². The first kappa shape index (κ1) is 14.6. The van der Waals surface area contributed by atoms with Crippen LogP contribution in [0, 0.1) is 11.6 Å². The predicted molar refractivity (Wildman–Crippen MR) is 75.2 cm³/mol. The third-order valence-corrected chi connectivity index (χ3v) is 2.88. The van der Waals surface area contributed by atoms with E-state index >= 15 is 0 Å². The molecular weight excluding hydrogens is 278 g/mol. The minimum atomic E-state index is -1.12. The van der Waals surface area contributed by atoms with Gasteiger partial charge < -0.3 is 11.1 Å². The Morgan fingerprint density at radius 1 is 1.14 bits per heavy atom. The number of rotatable bonds is 3. The minimum absolute atomic E-state index is 0.188. The number of anilines is 2. The van der Waals surface area contributed by atoms with E-state index in [0.717, 1.165) is 12.1 Å². The Morgan fingerprint density at radius 2 is 1.86 bits per heavy atom. The number of nitrogens with one attached hydrogen (secondary N) is 1. The van der Waals surface area contributed by atoms with Crippen LogP contribution in [0.5, 0.6) is 0 Å². The van der Waals surface area contributed by atoms with Crippen molar-refractivity contribution < 1.29 is 18.4 Å². The standard InChI is InChI=1S/C15H12F2N2O2/c1-8(20)9-3-2-4-10(7-9)19-15(21)13-11(16)5-6-12(18)14(13)17/h2-7H,18H2,1H3,(H,19,21). The highest BCUT2D eigenvalue weighted by molar-refractivity contribution is 6.06. The second-order valence-corrected chi connectivity index (χ2v) is 4.42. The Labute approximate surface area is 119 Å². The van der Waals surface area contributed by atoms with Gasteiger partial charge in [0.25, 0.3) is 5.91 Å². The van der Waals surface area contributed by atoms with Crippen molar-refractivity contribution in [2.45, 2.75) is 6.92 Å². The van der Waals surface area contributed by atoms with Gasteiger partial charge in [-0.2, -0.15) is 0 Å². The molecule has 4 nitrogen and oxygen atoms in total. The second kappa shape index (κ2) is 5.70. The summed E-state index contributed by atoms with van der Waals surface area (Å²) >= 11 is 0. The zero-order chi connectivity index (χ0) is 15.6. The second-order valence-electron chi connectivity index (χ2n) is 4.42. The first-order chi connectivity index (χ1) is 9.90. The number of halogens is 2. The quantitative estimate of drug-likeness (QED) is 0.674. The van der Waals surface area contributed by atoms with E-state index in [9.17, 15) is 18.4 Å². The van der Waals surface area contributed by atoms with Crippen molar-refractivity contribution in [2.24, 2.45) is 0 Å². The fourth-order valence-corrected chi connectivity index (χ4v) is 1.79. The van der Waals surface area contributed by atoms with Gasteiger partial charge in [-0.25, -0.2) is 8.78 Å². The maximum atomic E-state index is 13.7. The summed E-state index contributed by atoms with van der Waals surface area (Å²) in [6.45, 7) is 1.37. The first-order valence-electron chi connectivity index (χ1n) is 6.06. The Morgan fingerprint density at radius 3 is 2.52 bits per heavy atom. The lowest BCUT2D eigenvalue weighted by molar-refractivity contribution is 0.100. The Hall–Kier alpha value is -2.76. The molecule has 0 fully saturated rings. The number of carbonyl (C=O) groups excluding carboxylic acids is 2. The summed E-state index contributed by atoms with van der Waals surface area (Å²) < 4.78 is 27.3. The monoisotopic (exact) mass is 290 g/mol. The van der Waals surface area contributed by atoms with Gasteiger partial charge in [-0.05, 0) is 31.2 Å². The summed E-state index contributed by atoms with van der Waals surface area (Å²) in [6, 6.07) is 8.00. The molecule has 0 bridgehead atoms. The van der Waals surface area contributed by atoms with Crippen molar-refractivity contribution in [3.05, 3.63) is 59.2 Å². The van der Waals surface area contributed by atoms with E-state index in [1.807, 2.05) is 0 Å². The van der Waals surface area contributed by atoms with E-state index in [0.29, 0.717) is 5.56 Å². The number of nitrogens with two attached hydrogens (primary N) is 1. The molecule has 2 rings (SSSR count). The Balaban J connectivity index is 2.33. The highest BCUT2D eigenvalue weighted by Crippen LogP contribution is 2.20. The maximum Gasteiger partial charge on any atom is 0.261 e. The van der Waals surface area contributed by atoms with E-state index in [1.54, 1.807) is 12.1 Å². The maximum absolute atomic E-state index is 13.7. The molecule has 0 atom stereocenters. The van der Waals surface area contributed by atoms with E-state index < -0.39 is 23.1 Å². The number of nitrogen functional groups attached to an aromatic ring is 1. The van der Waals surface area contributed by atoms with Crippen LogP contribution in [-0.2, 0) is 0 Å². The molecule has 3 N–H and O–H groups in total. The van der Waals surface area contributed by atoms with Crippen molar-refractivity contribution in [2.75, 3.05) is 11.1 Å². The average Bonchev–Trinajstić information content (AvgIpc) is 2.43. The molecule has 1 amide bonds. The fraction of sp³-hybridized carbons (Fsp3) is 0.0667. The Kier molecular flexibility index (Phi) is 3.98. The smallest absolute Gasteiger partial charge is 0.261 e. The summed E-state index contributed by atoms with van der Waals surface area (Å²) in [5.41, 5.74) is 4.87. The number of amides is 1. The molecule has 0 radical (unpaired) electrons. The van der Waals surface area contributed by atoms with E-state index in [4.69, 9.17) is 5.73 Å². The number of benzene rings is 2. The van der Waals surface area contributed by atoms with Crippen LogP contribution in [0.25, 0.3) is 0 Å². The molecule has 6 heteroatoms. The molecule has 0 heterocycles. The lowest BCUT2D eigenvalue weighted by Gasteiger charge is -2.09. The summed E-state index contributed by atoms with van der Waals surface area (Å²) in [5, 5.41) is 2.34. The van der Waals surface area contributed by atoms with Gasteiger partial charge in [-0.1, -0.05) is 12.1 Å². The summed E-state index contributed by atoms with van der Waals surface area (Å²) in [5.74, 6) is -3.29. The molecule has 0 aliphatic heterocycles. The molecule has 0 aliphatic carbocycles. The van der Waals surface area contributed by atoms with Gasteiger partial charge in [0.2, 0.25) is 0 Å². The molecule has 2 aromatic carbocycles. The molecule has 0 saturated heterocycles. The van der Waals surface area contributed by atoms with Crippen LogP contribution in [0.15, 0.2) is 36.4 Å². The van der Waals surface area contributed by atoms with Gasteiger partial charge in [0, 0.05) is 11.3 Å². The van der Waals surface area contributed by atoms with Crippen molar-refractivity contribution in [1.29, 1.82) is 0 Å². The first-order valence-corrected chi connectivity index (χ1v) is 6.06. The molecule has 0 unspecified atom stereocenters. The topological polar surface area (TPSA) is 72.2 Å². The lowest BCUT2D eigenvalue weighted by atomic mass is 10.1. The molecule has 0 spiro atoms. The van der Waals surface area contributed by atoms with Crippen molar-refractivity contribution in [3.63, 3.8) is 0 Å². The molecule has 21 heavy (non-hydrogen) atoms. The van der Waals surface area contributed by atoms with Gasteiger partial charge >= 0.3 is 0 Å². The number of ketones is 1. The minimum Gasteiger partial charge on any atom is -0.396 e. The van der Waals surface area contributed by atoms with Crippen LogP contribution in [0.2, 0.25) is 0 Å². The molecule has 0 aliphatic rings. The van der Waals surface area contributed by atoms with Gasteiger partial charge in [-0.15, -0.1) is 0 Å². The van der Waals surface area contributed by atoms with Gasteiger partial charge in [0.1, 0.15) is 11.4 Å². The predicted octanol–water partition coefficient (Wildman–Crippen LogP) is 3.00. The van der Waals surface area contributed by atoms with Crippen LogP contribution < -0.4 is 11.1 Å².